The van der Waals surface area contributed by atoms with Crippen LogP contribution in [0.2, 0.25) is 0 Å². The van der Waals surface area contributed by atoms with Crippen molar-refractivity contribution in [1.82, 2.24) is 4.98 Å². The number of aromatic nitrogens is 1. The molecule has 0 amide bonds. The summed E-state index contributed by atoms with van der Waals surface area (Å²) in [5.74, 6) is 0.969. The van der Waals surface area contributed by atoms with Crippen LogP contribution in [0, 0.1) is 17.9 Å². The Morgan fingerprint density at radius 1 is 0.804 bits per heavy atom. The summed E-state index contributed by atoms with van der Waals surface area (Å²) < 4.78 is 2.54. The number of carbonyl (C=O) groups is 1. The van der Waals surface area contributed by atoms with Crippen LogP contribution in [-0.2, 0) is 24.9 Å². The standard InChI is InChI=1S/C28H20NS.C13H24O2.Ir/c1-17(2)23-15-18(16-26-27(23)22-12-6-8-14-25(22)30-26)28-21-11-4-3-9-19(21)20-10-5-7-13-24(20)29-28;1-5-10(6-2)12(14)9-13(15)11(7-3)8-4;/h3-15,17H,1-2H3;9-11,14H,5-8H2,1-4H3;/q-1;;/b;12-9-;. The third kappa shape index (κ3) is 7.28. The monoisotopic (exact) mass is 807 g/mol. The number of hydrogen-bond acceptors (Lipinski definition) is 4. The Morgan fingerprint density at radius 3 is 2.00 bits per heavy atom. The molecular weight excluding hydrogens is 763 g/mol. The van der Waals surface area contributed by atoms with Crippen molar-refractivity contribution in [3.63, 3.8) is 0 Å². The Bertz CT molecular complexity index is 1980. The first-order valence-corrected chi connectivity index (χ1v) is 17.2. The second kappa shape index (κ2) is 16.0. The first kappa shape index (κ1) is 35.5. The smallest absolute Gasteiger partial charge is 0.162 e. The minimum Gasteiger partial charge on any atom is -0.512 e. The van der Waals surface area contributed by atoms with Crippen molar-refractivity contribution in [3.05, 3.63) is 102 Å². The van der Waals surface area contributed by atoms with Gasteiger partial charge in [-0.05, 0) is 70.3 Å². The van der Waals surface area contributed by atoms with Gasteiger partial charge in [0.15, 0.2) is 5.78 Å². The van der Waals surface area contributed by atoms with Gasteiger partial charge in [0, 0.05) is 48.1 Å². The average molecular weight is 807 g/mol. The zero-order valence-corrected chi connectivity index (χ0v) is 30.9. The van der Waals surface area contributed by atoms with Crippen molar-refractivity contribution in [1.29, 1.82) is 0 Å². The van der Waals surface area contributed by atoms with Gasteiger partial charge in [0.25, 0.3) is 0 Å². The van der Waals surface area contributed by atoms with Crippen LogP contribution in [0.15, 0.2) is 90.7 Å². The van der Waals surface area contributed by atoms with E-state index in [4.69, 9.17) is 4.98 Å². The molecule has 0 fully saturated rings. The maximum absolute atomic E-state index is 11.7. The molecule has 4 aromatic carbocycles. The number of hydrogen-bond donors (Lipinski definition) is 1. The van der Waals surface area contributed by atoms with Crippen LogP contribution in [0.3, 0.4) is 0 Å². The number of aliphatic hydroxyl groups excluding tert-OH is 1. The summed E-state index contributed by atoms with van der Waals surface area (Å²) >= 11 is 1.83. The number of allylic oxidation sites excluding steroid dienone is 2. The van der Waals surface area contributed by atoms with Gasteiger partial charge in [-0.15, -0.1) is 23.3 Å². The first-order valence-electron chi connectivity index (χ1n) is 16.4. The van der Waals surface area contributed by atoms with E-state index in [1.54, 1.807) is 0 Å². The van der Waals surface area contributed by atoms with E-state index in [1.807, 2.05) is 39.0 Å². The maximum atomic E-state index is 11.7. The van der Waals surface area contributed by atoms with E-state index in [2.05, 4.69) is 98.8 Å². The molecule has 3 nitrogen and oxygen atoms in total. The third-order valence-electron chi connectivity index (χ3n) is 9.00. The summed E-state index contributed by atoms with van der Waals surface area (Å²) in [6.07, 6.45) is 4.91. The fourth-order valence-electron chi connectivity index (χ4n) is 6.28. The number of nitrogens with zero attached hydrogens (tertiary/aromatic N) is 1. The Kier molecular flexibility index (Phi) is 12.3. The molecule has 46 heavy (non-hydrogen) atoms. The molecule has 6 aromatic rings. The minimum atomic E-state index is 0. The summed E-state index contributed by atoms with van der Waals surface area (Å²) in [6, 6.07) is 31.7. The van der Waals surface area contributed by atoms with Crippen LogP contribution in [-0.4, -0.2) is 15.9 Å². The minimum absolute atomic E-state index is 0. The number of fused-ring (bicyclic) bond motifs is 6. The van der Waals surface area contributed by atoms with Crippen LogP contribution in [0.1, 0.15) is 78.7 Å². The number of ketones is 1. The van der Waals surface area contributed by atoms with Crippen molar-refractivity contribution >= 4 is 59.0 Å². The molecule has 0 bridgehead atoms. The fourth-order valence-corrected chi connectivity index (χ4v) is 7.42. The van der Waals surface area contributed by atoms with Gasteiger partial charge in [-0.25, -0.2) is 0 Å². The van der Waals surface area contributed by atoms with Crippen molar-refractivity contribution < 1.29 is 30.0 Å². The summed E-state index contributed by atoms with van der Waals surface area (Å²) in [5, 5.41) is 16.1. The number of pyridine rings is 1. The number of carbonyl (C=O) groups excluding carboxylic acids is 1. The van der Waals surface area contributed by atoms with E-state index in [1.165, 1.54) is 48.0 Å². The molecule has 241 valence electrons. The van der Waals surface area contributed by atoms with Crippen LogP contribution in [0.4, 0.5) is 0 Å². The van der Waals surface area contributed by atoms with Gasteiger partial charge in [-0.3, -0.25) is 9.78 Å². The molecular formula is C41H44IrNO2S-. The van der Waals surface area contributed by atoms with Crippen LogP contribution in [0.25, 0.3) is 53.1 Å². The molecule has 0 spiro atoms. The molecule has 1 N–H and O–H groups in total. The van der Waals surface area contributed by atoms with Gasteiger partial charge in [0.1, 0.15) is 0 Å². The molecule has 0 saturated carbocycles. The predicted octanol–water partition coefficient (Wildman–Crippen LogP) is 12.2. The van der Waals surface area contributed by atoms with E-state index in [0.29, 0.717) is 5.92 Å². The van der Waals surface area contributed by atoms with Crippen molar-refractivity contribution in [3.8, 4) is 11.3 Å². The van der Waals surface area contributed by atoms with Gasteiger partial charge in [0.05, 0.1) is 11.3 Å². The Labute approximate surface area is 291 Å². The largest absolute Gasteiger partial charge is 0.512 e. The van der Waals surface area contributed by atoms with Crippen molar-refractivity contribution in [2.75, 3.05) is 0 Å². The van der Waals surface area contributed by atoms with Crippen LogP contribution >= 0.6 is 11.3 Å². The van der Waals surface area contributed by atoms with Gasteiger partial charge in [0.2, 0.25) is 0 Å². The van der Waals surface area contributed by atoms with E-state index in [-0.39, 0.29) is 43.5 Å². The molecule has 0 unspecified atom stereocenters. The molecule has 6 rings (SSSR count). The van der Waals surface area contributed by atoms with Crippen LogP contribution in [0.5, 0.6) is 0 Å². The molecule has 5 heteroatoms. The van der Waals surface area contributed by atoms with Gasteiger partial charge in [-0.1, -0.05) is 108 Å². The second-order valence-corrected chi connectivity index (χ2v) is 13.2. The Morgan fingerprint density at radius 2 is 1.37 bits per heavy atom. The number of aliphatic hydroxyl groups is 1. The Hall–Kier alpha value is -3.37. The number of thiophene rings is 1. The molecule has 2 heterocycles. The number of benzene rings is 4. The van der Waals surface area contributed by atoms with Gasteiger partial charge in [-0.2, -0.15) is 11.3 Å². The normalized spacial score (nSPS) is 11.9. The molecule has 2 aromatic heterocycles. The van der Waals surface area contributed by atoms with E-state index < -0.39 is 0 Å². The van der Waals surface area contributed by atoms with Gasteiger partial charge < -0.3 is 5.11 Å². The number of para-hydroxylation sites is 1. The van der Waals surface area contributed by atoms with Crippen molar-refractivity contribution in [2.24, 2.45) is 11.8 Å². The average Bonchev–Trinajstić information content (AvgIpc) is 3.44. The Balaban J connectivity index is 0.000000259. The molecule has 0 saturated heterocycles. The first-order chi connectivity index (χ1) is 21.8. The summed E-state index contributed by atoms with van der Waals surface area (Å²) in [4.78, 5) is 16.8. The maximum Gasteiger partial charge on any atom is 0.162 e. The van der Waals surface area contributed by atoms with E-state index >= 15 is 0 Å². The SMILES string of the molecule is CC(C)c1cc(-c2nc3ccccc3c3ccccc23)[c-]c2sc3ccccc3c12.CCC(CC)C(=O)/C=C(\O)C(CC)CC.[Ir]. The fraction of sp³-hybridized carbons (Fsp3) is 0.317. The molecule has 0 atom stereocenters. The topological polar surface area (TPSA) is 50.2 Å². The van der Waals surface area contributed by atoms with E-state index in [0.717, 1.165) is 42.5 Å². The summed E-state index contributed by atoms with van der Waals surface area (Å²) in [5.41, 5.74) is 4.50. The summed E-state index contributed by atoms with van der Waals surface area (Å²) in [6.45, 7) is 12.6. The molecule has 1 radical (unpaired) electrons. The van der Waals surface area contributed by atoms with Crippen molar-refractivity contribution in [2.45, 2.75) is 73.1 Å². The molecule has 0 aliphatic rings. The third-order valence-corrected chi connectivity index (χ3v) is 10.1. The predicted molar refractivity (Wildman–Crippen MR) is 194 cm³/mol. The van der Waals surface area contributed by atoms with Crippen LogP contribution < -0.4 is 0 Å². The zero-order valence-electron chi connectivity index (χ0n) is 27.7. The second-order valence-electron chi connectivity index (χ2n) is 12.1. The van der Waals surface area contributed by atoms with Gasteiger partial charge >= 0.3 is 0 Å². The molecule has 0 aliphatic heterocycles. The number of rotatable bonds is 9. The molecule has 0 aliphatic carbocycles. The van der Waals surface area contributed by atoms with E-state index in [9.17, 15) is 9.90 Å². The quantitative estimate of drug-likeness (QED) is 0.0685. The zero-order chi connectivity index (χ0) is 32.1. The summed E-state index contributed by atoms with van der Waals surface area (Å²) in [7, 11) is 0.